The van der Waals surface area contributed by atoms with E-state index in [-0.39, 0.29) is 11.3 Å². The number of Topliss-reactive ketones (excluding diaryl/α,β-unsaturated/α-hetero) is 1. The van der Waals surface area contributed by atoms with Crippen LogP contribution in [0.4, 0.5) is 0 Å². The first-order chi connectivity index (χ1) is 15.2. The Kier molecular flexibility index (Phi) is 7.82. The molecule has 0 aliphatic carbocycles. The molecule has 6 nitrogen and oxygen atoms in total. The number of amides is 1. The van der Waals surface area contributed by atoms with E-state index < -0.39 is 17.7 Å². The maximum absolute atomic E-state index is 13.0. The summed E-state index contributed by atoms with van der Waals surface area (Å²) in [5, 5.41) is 11.9. The van der Waals surface area contributed by atoms with Gasteiger partial charge in [0.2, 0.25) is 0 Å². The molecular weight excluding hydrogens is 451 g/mol. The summed E-state index contributed by atoms with van der Waals surface area (Å²) in [6.07, 6.45) is 0.673. The third-order valence-electron chi connectivity index (χ3n) is 5.21. The summed E-state index contributed by atoms with van der Waals surface area (Å²) in [4.78, 5) is 29.5. The quantitative estimate of drug-likeness (QED) is 0.337. The molecule has 1 saturated heterocycles. The monoisotopic (exact) mass is 476 g/mol. The number of carbonyl (C=O) groups excluding carboxylic acids is 2. The highest BCUT2D eigenvalue weighted by Crippen LogP contribution is 2.40. The van der Waals surface area contributed by atoms with Crippen molar-refractivity contribution in [2.24, 2.45) is 0 Å². The zero-order valence-corrected chi connectivity index (χ0v) is 19.8. The van der Waals surface area contributed by atoms with Crippen molar-refractivity contribution in [3.05, 3.63) is 69.2 Å². The first-order valence-corrected chi connectivity index (χ1v) is 11.1. The number of hydrogen-bond donors (Lipinski definition) is 1. The van der Waals surface area contributed by atoms with Crippen LogP contribution in [0, 0.1) is 0 Å². The lowest BCUT2D eigenvalue weighted by atomic mass is 9.95. The normalized spacial score (nSPS) is 17.9. The van der Waals surface area contributed by atoms with Gasteiger partial charge in [-0.05, 0) is 69.9 Å². The largest absolute Gasteiger partial charge is 0.507 e. The average Bonchev–Trinajstić information content (AvgIpc) is 2.99. The van der Waals surface area contributed by atoms with Crippen molar-refractivity contribution >= 4 is 40.7 Å². The van der Waals surface area contributed by atoms with Crippen LogP contribution in [0.5, 0.6) is 5.75 Å². The summed E-state index contributed by atoms with van der Waals surface area (Å²) in [5.74, 6) is -1.19. The van der Waals surface area contributed by atoms with Gasteiger partial charge in [-0.3, -0.25) is 9.59 Å². The zero-order valence-electron chi connectivity index (χ0n) is 18.3. The fraction of sp³-hybridized carbons (Fsp3) is 0.333. The number of likely N-dealkylation sites (tertiary alicyclic amines) is 1. The Bertz CT molecular complexity index is 1050. The SMILES string of the molecule is CCOc1ccc(/C(O)=C2\C(=O)C(=O)N(CCCN(C)C)C2c2cccc(Cl)c2)cc1Cl. The smallest absolute Gasteiger partial charge is 0.295 e. The van der Waals surface area contributed by atoms with E-state index >= 15 is 0 Å². The van der Waals surface area contributed by atoms with E-state index in [0.29, 0.717) is 46.5 Å². The number of benzene rings is 2. The van der Waals surface area contributed by atoms with Crippen LogP contribution in [0.1, 0.15) is 30.5 Å². The number of aliphatic hydroxyl groups excluding tert-OH is 1. The first kappa shape index (κ1) is 24.1. The Morgan fingerprint density at radius 1 is 1.16 bits per heavy atom. The Morgan fingerprint density at radius 2 is 1.91 bits per heavy atom. The van der Waals surface area contributed by atoms with E-state index in [1.54, 1.807) is 36.4 Å². The van der Waals surface area contributed by atoms with Crippen molar-refractivity contribution in [1.82, 2.24) is 9.80 Å². The summed E-state index contributed by atoms with van der Waals surface area (Å²) in [6, 6.07) is 11.0. The third-order valence-corrected chi connectivity index (χ3v) is 5.74. The summed E-state index contributed by atoms with van der Waals surface area (Å²) in [5.41, 5.74) is 0.999. The molecule has 1 aliphatic heterocycles. The second-order valence-electron chi connectivity index (χ2n) is 7.78. The van der Waals surface area contributed by atoms with Crippen molar-refractivity contribution in [1.29, 1.82) is 0 Å². The maximum atomic E-state index is 13.0. The fourth-order valence-electron chi connectivity index (χ4n) is 3.77. The minimum Gasteiger partial charge on any atom is -0.507 e. The minimum atomic E-state index is -0.749. The summed E-state index contributed by atoms with van der Waals surface area (Å²) < 4.78 is 5.44. The lowest BCUT2D eigenvalue weighted by Gasteiger charge is -2.26. The van der Waals surface area contributed by atoms with Gasteiger partial charge >= 0.3 is 0 Å². The molecule has 8 heteroatoms. The molecule has 2 aromatic rings. The highest BCUT2D eigenvalue weighted by atomic mass is 35.5. The van der Waals surface area contributed by atoms with E-state index in [0.717, 1.165) is 6.54 Å². The molecule has 2 aromatic carbocycles. The van der Waals surface area contributed by atoms with E-state index in [1.807, 2.05) is 25.9 Å². The van der Waals surface area contributed by atoms with Crippen molar-refractivity contribution in [2.45, 2.75) is 19.4 Å². The van der Waals surface area contributed by atoms with Gasteiger partial charge in [0.25, 0.3) is 11.7 Å². The van der Waals surface area contributed by atoms with Gasteiger partial charge in [0, 0.05) is 17.1 Å². The predicted octanol–water partition coefficient (Wildman–Crippen LogP) is 4.77. The van der Waals surface area contributed by atoms with Gasteiger partial charge < -0.3 is 19.6 Å². The molecular formula is C24H26Cl2N2O4. The van der Waals surface area contributed by atoms with Gasteiger partial charge in [-0.1, -0.05) is 35.3 Å². The summed E-state index contributed by atoms with van der Waals surface area (Å²) in [7, 11) is 3.89. The highest BCUT2D eigenvalue weighted by molar-refractivity contribution is 6.46. The van der Waals surface area contributed by atoms with Gasteiger partial charge in [0.15, 0.2) is 0 Å². The number of aliphatic hydroxyl groups is 1. The molecule has 0 radical (unpaired) electrons. The molecule has 1 amide bonds. The van der Waals surface area contributed by atoms with Gasteiger partial charge in [-0.2, -0.15) is 0 Å². The van der Waals surface area contributed by atoms with Crippen molar-refractivity contribution in [3.8, 4) is 5.75 Å². The lowest BCUT2D eigenvalue weighted by molar-refractivity contribution is -0.139. The van der Waals surface area contributed by atoms with Crippen LogP contribution in [0.25, 0.3) is 5.76 Å². The van der Waals surface area contributed by atoms with E-state index in [9.17, 15) is 14.7 Å². The molecule has 0 saturated carbocycles. The van der Waals surface area contributed by atoms with Crippen molar-refractivity contribution < 1.29 is 19.4 Å². The summed E-state index contributed by atoms with van der Waals surface area (Å²) >= 11 is 12.5. The van der Waals surface area contributed by atoms with Crippen LogP contribution in [-0.4, -0.2) is 60.4 Å². The van der Waals surface area contributed by atoms with Crippen LogP contribution in [0.15, 0.2) is 48.0 Å². The van der Waals surface area contributed by atoms with Gasteiger partial charge in [0.1, 0.15) is 11.5 Å². The highest BCUT2D eigenvalue weighted by Gasteiger charge is 2.45. The van der Waals surface area contributed by atoms with Crippen LogP contribution in [0.3, 0.4) is 0 Å². The fourth-order valence-corrected chi connectivity index (χ4v) is 4.20. The topological polar surface area (TPSA) is 70.1 Å². The van der Waals surface area contributed by atoms with Gasteiger partial charge in [0.05, 0.1) is 23.2 Å². The molecule has 0 aromatic heterocycles. The van der Waals surface area contributed by atoms with Crippen LogP contribution >= 0.6 is 23.2 Å². The molecule has 1 aliphatic rings. The third kappa shape index (κ3) is 5.09. The molecule has 1 fully saturated rings. The Morgan fingerprint density at radius 3 is 2.53 bits per heavy atom. The molecule has 1 unspecified atom stereocenters. The molecule has 170 valence electrons. The van der Waals surface area contributed by atoms with Crippen molar-refractivity contribution in [2.75, 3.05) is 33.8 Å². The van der Waals surface area contributed by atoms with Crippen LogP contribution < -0.4 is 4.74 Å². The van der Waals surface area contributed by atoms with E-state index in [4.69, 9.17) is 27.9 Å². The molecule has 1 heterocycles. The van der Waals surface area contributed by atoms with E-state index in [1.165, 1.54) is 11.0 Å². The van der Waals surface area contributed by atoms with Crippen LogP contribution in [-0.2, 0) is 9.59 Å². The molecule has 1 atom stereocenters. The number of halogens is 2. The minimum absolute atomic E-state index is 0.0161. The Balaban J connectivity index is 2.09. The predicted molar refractivity (Wildman–Crippen MR) is 126 cm³/mol. The number of carbonyl (C=O) groups is 2. The molecule has 3 rings (SSSR count). The Hall–Kier alpha value is -2.54. The van der Waals surface area contributed by atoms with Crippen LogP contribution in [0.2, 0.25) is 10.0 Å². The van der Waals surface area contributed by atoms with E-state index in [2.05, 4.69) is 0 Å². The standard InChI is InChI=1S/C24H26Cl2N2O4/c1-4-32-19-10-9-16(14-18(19)26)22(29)20-21(15-7-5-8-17(25)13-15)28(24(31)23(20)30)12-6-11-27(2)3/h5,7-10,13-14,21,29H,4,6,11-12H2,1-3H3/b22-20+. The maximum Gasteiger partial charge on any atom is 0.295 e. The second kappa shape index (κ2) is 10.4. The number of rotatable bonds is 8. The number of nitrogens with zero attached hydrogens (tertiary/aromatic N) is 2. The molecule has 0 spiro atoms. The number of ketones is 1. The summed E-state index contributed by atoms with van der Waals surface area (Å²) in [6.45, 7) is 3.39. The van der Waals surface area contributed by atoms with Crippen molar-refractivity contribution in [3.63, 3.8) is 0 Å². The zero-order chi connectivity index (χ0) is 23.4. The molecule has 0 bridgehead atoms. The van der Waals surface area contributed by atoms with Gasteiger partial charge in [-0.25, -0.2) is 0 Å². The number of hydrogen-bond acceptors (Lipinski definition) is 5. The van der Waals surface area contributed by atoms with Gasteiger partial charge in [-0.15, -0.1) is 0 Å². The number of ether oxygens (including phenoxy) is 1. The second-order valence-corrected chi connectivity index (χ2v) is 8.63. The Labute approximate surface area is 198 Å². The first-order valence-electron chi connectivity index (χ1n) is 10.4. The average molecular weight is 477 g/mol. The lowest BCUT2D eigenvalue weighted by Crippen LogP contribution is -2.32. The molecule has 32 heavy (non-hydrogen) atoms. The molecule has 1 N–H and O–H groups in total.